The van der Waals surface area contributed by atoms with Gasteiger partial charge in [-0.3, -0.25) is 0 Å². The van der Waals surface area contributed by atoms with E-state index in [1.165, 1.54) is 12.1 Å². The standard InChI is InChI=1S/C17H18FNO3/c1-2-21-17(20)16(19)14-9-8-13(10-15(14)18)22-11-12-6-4-3-5-7-12/h3-10,16H,2,11,19H2,1H3/t16-/m1/s1. The average Bonchev–Trinajstić information content (AvgIpc) is 2.53. The van der Waals surface area contributed by atoms with E-state index in [1.807, 2.05) is 30.3 Å². The third kappa shape index (κ3) is 4.05. The highest BCUT2D eigenvalue weighted by atomic mass is 19.1. The van der Waals surface area contributed by atoms with E-state index in [2.05, 4.69) is 0 Å². The summed E-state index contributed by atoms with van der Waals surface area (Å²) < 4.78 is 24.4. The van der Waals surface area contributed by atoms with Gasteiger partial charge < -0.3 is 15.2 Å². The van der Waals surface area contributed by atoms with Gasteiger partial charge >= 0.3 is 5.97 Å². The van der Waals surface area contributed by atoms with Crippen molar-refractivity contribution in [3.63, 3.8) is 0 Å². The highest BCUT2D eigenvalue weighted by Crippen LogP contribution is 2.22. The first-order chi connectivity index (χ1) is 10.6. The Bertz CT molecular complexity index is 631. The van der Waals surface area contributed by atoms with Crippen LogP contribution in [0.25, 0.3) is 0 Å². The van der Waals surface area contributed by atoms with Crippen molar-refractivity contribution in [1.29, 1.82) is 0 Å². The molecule has 0 fully saturated rings. The molecule has 0 aliphatic rings. The minimum atomic E-state index is -1.14. The van der Waals surface area contributed by atoms with E-state index in [9.17, 15) is 9.18 Å². The van der Waals surface area contributed by atoms with Gasteiger partial charge in [0.2, 0.25) is 0 Å². The summed E-state index contributed by atoms with van der Waals surface area (Å²) in [5.74, 6) is -0.869. The maximum absolute atomic E-state index is 14.1. The number of hydrogen-bond donors (Lipinski definition) is 1. The second-order valence-corrected chi connectivity index (χ2v) is 4.69. The zero-order valence-corrected chi connectivity index (χ0v) is 12.3. The maximum Gasteiger partial charge on any atom is 0.327 e. The number of hydrogen-bond acceptors (Lipinski definition) is 4. The van der Waals surface area contributed by atoms with Crippen molar-refractivity contribution in [2.24, 2.45) is 5.73 Å². The van der Waals surface area contributed by atoms with Crippen LogP contribution in [0, 0.1) is 5.82 Å². The van der Waals surface area contributed by atoms with Crippen molar-refractivity contribution in [3.8, 4) is 5.75 Å². The van der Waals surface area contributed by atoms with E-state index in [4.69, 9.17) is 15.2 Å². The number of carbonyl (C=O) groups is 1. The first kappa shape index (κ1) is 16.0. The number of esters is 1. The molecule has 2 aromatic carbocycles. The van der Waals surface area contributed by atoms with Crippen LogP contribution >= 0.6 is 0 Å². The van der Waals surface area contributed by atoms with E-state index < -0.39 is 17.8 Å². The van der Waals surface area contributed by atoms with Crippen LogP contribution in [-0.4, -0.2) is 12.6 Å². The molecule has 0 aromatic heterocycles. The van der Waals surface area contributed by atoms with E-state index in [-0.39, 0.29) is 12.2 Å². The second-order valence-electron chi connectivity index (χ2n) is 4.69. The lowest BCUT2D eigenvalue weighted by atomic mass is 10.1. The van der Waals surface area contributed by atoms with Gasteiger partial charge in [0.25, 0.3) is 0 Å². The van der Waals surface area contributed by atoms with E-state index >= 15 is 0 Å². The molecule has 0 unspecified atom stereocenters. The van der Waals surface area contributed by atoms with Crippen molar-refractivity contribution in [3.05, 3.63) is 65.5 Å². The quantitative estimate of drug-likeness (QED) is 0.833. The summed E-state index contributed by atoms with van der Waals surface area (Å²) in [5, 5.41) is 0. The largest absolute Gasteiger partial charge is 0.489 e. The lowest BCUT2D eigenvalue weighted by molar-refractivity contribution is -0.144. The highest BCUT2D eigenvalue weighted by Gasteiger charge is 2.20. The molecule has 2 rings (SSSR count). The minimum absolute atomic E-state index is 0.0884. The first-order valence-electron chi connectivity index (χ1n) is 7.00. The summed E-state index contributed by atoms with van der Waals surface area (Å²) in [6.07, 6.45) is 0. The van der Waals surface area contributed by atoms with Crippen LogP contribution in [-0.2, 0) is 16.1 Å². The molecule has 0 amide bonds. The number of benzene rings is 2. The fourth-order valence-corrected chi connectivity index (χ4v) is 1.95. The summed E-state index contributed by atoms with van der Waals surface area (Å²) >= 11 is 0. The Morgan fingerprint density at radius 2 is 1.95 bits per heavy atom. The zero-order valence-electron chi connectivity index (χ0n) is 12.3. The molecule has 0 heterocycles. The molecule has 0 bridgehead atoms. The van der Waals surface area contributed by atoms with Crippen LogP contribution in [0.2, 0.25) is 0 Å². The van der Waals surface area contributed by atoms with Gasteiger partial charge in [0.1, 0.15) is 24.2 Å². The lowest BCUT2D eigenvalue weighted by Gasteiger charge is -2.13. The Balaban J connectivity index is 2.04. The van der Waals surface area contributed by atoms with Crippen LogP contribution in [0.15, 0.2) is 48.5 Å². The Morgan fingerprint density at radius 3 is 2.59 bits per heavy atom. The van der Waals surface area contributed by atoms with Gasteiger partial charge in [0.05, 0.1) is 6.61 Å². The van der Waals surface area contributed by atoms with Crippen LogP contribution in [0.1, 0.15) is 24.1 Å². The minimum Gasteiger partial charge on any atom is -0.489 e. The number of ether oxygens (including phenoxy) is 2. The average molecular weight is 303 g/mol. The molecule has 2 aromatic rings. The van der Waals surface area contributed by atoms with Crippen LogP contribution in [0.5, 0.6) is 5.75 Å². The summed E-state index contributed by atoms with van der Waals surface area (Å²) in [4.78, 5) is 11.5. The van der Waals surface area contributed by atoms with E-state index in [0.717, 1.165) is 5.56 Å². The van der Waals surface area contributed by atoms with E-state index in [1.54, 1.807) is 13.0 Å². The molecule has 0 spiro atoms. The van der Waals surface area contributed by atoms with Gasteiger partial charge in [-0.25, -0.2) is 9.18 Å². The predicted molar refractivity (Wildman–Crippen MR) is 80.7 cm³/mol. The van der Waals surface area contributed by atoms with Gasteiger partial charge in [-0.05, 0) is 18.6 Å². The molecule has 22 heavy (non-hydrogen) atoms. The van der Waals surface area contributed by atoms with Crippen LogP contribution in [0.3, 0.4) is 0 Å². The monoisotopic (exact) mass is 303 g/mol. The summed E-state index contributed by atoms with van der Waals surface area (Å²) in [7, 11) is 0. The topological polar surface area (TPSA) is 61.5 Å². The third-order valence-corrected chi connectivity index (χ3v) is 3.10. The number of halogens is 1. The molecule has 0 saturated heterocycles. The van der Waals surface area contributed by atoms with Gasteiger partial charge in [0, 0.05) is 11.6 Å². The fraction of sp³-hybridized carbons (Fsp3) is 0.235. The number of nitrogens with two attached hydrogens (primary N) is 1. The van der Waals surface area contributed by atoms with E-state index in [0.29, 0.717) is 12.4 Å². The van der Waals surface area contributed by atoms with Crippen molar-refractivity contribution >= 4 is 5.97 Å². The molecule has 5 heteroatoms. The molecular formula is C17H18FNO3. The first-order valence-corrected chi connectivity index (χ1v) is 7.00. The molecule has 0 aliphatic carbocycles. The number of carbonyl (C=O) groups excluding carboxylic acids is 1. The lowest BCUT2D eigenvalue weighted by Crippen LogP contribution is -2.24. The SMILES string of the molecule is CCOC(=O)[C@H](N)c1ccc(OCc2ccccc2)cc1F. The van der Waals surface area contributed by atoms with Crippen molar-refractivity contribution in [2.45, 2.75) is 19.6 Å². The van der Waals surface area contributed by atoms with Crippen molar-refractivity contribution in [2.75, 3.05) is 6.61 Å². The molecule has 116 valence electrons. The second kappa shape index (κ2) is 7.56. The summed E-state index contributed by atoms with van der Waals surface area (Å²) in [6, 6.07) is 12.7. The van der Waals surface area contributed by atoms with Gasteiger partial charge in [-0.2, -0.15) is 0 Å². The summed E-state index contributed by atoms with van der Waals surface area (Å²) in [5.41, 5.74) is 6.76. The van der Waals surface area contributed by atoms with Crippen molar-refractivity contribution in [1.82, 2.24) is 0 Å². The smallest absolute Gasteiger partial charge is 0.327 e. The third-order valence-electron chi connectivity index (χ3n) is 3.10. The number of rotatable bonds is 6. The zero-order chi connectivity index (χ0) is 15.9. The Kier molecular flexibility index (Phi) is 5.49. The molecule has 1 atom stereocenters. The van der Waals surface area contributed by atoms with Gasteiger partial charge in [0.15, 0.2) is 0 Å². The van der Waals surface area contributed by atoms with Gasteiger partial charge in [-0.15, -0.1) is 0 Å². The van der Waals surface area contributed by atoms with Crippen molar-refractivity contribution < 1.29 is 18.7 Å². The highest BCUT2D eigenvalue weighted by molar-refractivity contribution is 5.77. The van der Waals surface area contributed by atoms with Crippen LogP contribution < -0.4 is 10.5 Å². The Hall–Kier alpha value is -2.40. The maximum atomic E-state index is 14.1. The Labute approximate surface area is 128 Å². The normalized spacial score (nSPS) is 11.8. The molecule has 0 radical (unpaired) electrons. The molecule has 0 aliphatic heterocycles. The Morgan fingerprint density at radius 1 is 1.23 bits per heavy atom. The molecule has 4 nitrogen and oxygen atoms in total. The molecule has 0 saturated carbocycles. The van der Waals surface area contributed by atoms with Gasteiger partial charge in [-0.1, -0.05) is 36.4 Å². The summed E-state index contributed by atoms with van der Waals surface area (Å²) in [6.45, 7) is 2.21. The molecular weight excluding hydrogens is 285 g/mol. The van der Waals surface area contributed by atoms with Crippen LogP contribution in [0.4, 0.5) is 4.39 Å². The fourth-order valence-electron chi connectivity index (χ4n) is 1.95. The molecule has 2 N–H and O–H groups in total. The predicted octanol–water partition coefficient (Wildman–Crippen LogP) is 2.97.